The number of hydrogen-bond donors (Lipinski definition) is 1. The van der Waals surface area contributed by atoms with Gasteiger partial charge in [0.15, 0.2) is 10.7 Å². The van der Waals surface area contributed by atoms with Gasteiger partial charge in [-0.15, -0.1) is 11.3 Å². The molecule has 1 heterocycles. The molecule has 0 aromatic carbocycles. The van der Waals surface area contributed by atoms with Crippen molar-refractivity contribution in [2.75, 3.05) is 13.2 Å². The molecule has 7 nitrogen and oxygen atoms in total. The fourth-order valence-electron chi connectivity index (χ4n) is 3.09. The normalized spacial score (nSPS) is 15.9. The van der Waals surface area contributed by atoms with Crippen LogP contribution in [0.25, 0.3) is 0 Å². The molecule has 2 rings (SSSR count). The van der Waals surface area contributed by atoms with Crippen LogP contribution in [0.1, 0.15) is 72.7 Å². The van der Waals surface area contributed by atoms with Gasteiger partial charge >= 0.3 is 12.1 Å². The molecule has 26 heavy (non-hydrogen) atoms. The number of alkyl carbamates (subject to hydrolysis) is 1. The summed E-state index contributed by atoms with van der Waals surface area (Å²) in [5.74, 6) is -0.320. The molecule has 1 aliphatic rings. The Morgan fingerprint density at radius 1 is 1.31 bits per heavy atom. The first-order valence-corrected chi connectivity index (χ1v) is 9.97. The zero-order valence-corrected chi connectivity index (χ0v) is 16.1. The first-order chi connectivity index (χ1) is 12.5. The summed E-state index contributed by atoms with van der Waals surface area (Å²) in [7, 11) is 0. The van der Waals surface area contributed by atoms with E-state index in [2.05, 4.69) is 10.3 Å². The molecule has 0 aliphatic heterocycles. The minimum absolute atomic E-state index is 0.101. The number of carbonyl (C=O) groups is 3. The first-order valence-electron chi connectivity index (χ1n) is 9.10. The molecule has 8 heteroatoms. The van der Waals surface area contributed by atoms with Crippen LogP contribution in [0.3, 0.4) is 0 Å². The van der Waals surface area contributed by atoms with Gasteiger partial charge in [-0.1, -0.05) is 32.1 Å². The molecule has 1 fully saturated rings. The van der Waals surface area contributed by atoms with Crippen LogP contribution in [-0.2, 0) is 9.47 Å². The number of carbonyl (C=O) groups excluding carboxylic acids is 3. The van der Waals surface area contributed by atoms with Crippen molar-refractivity contribution in [1.82, 2.24) is 10.3 Å². The van der Waals surface area contributed by atoms with E-state index >= 15 is 0 Å². The predicted molar refractivity (Wildman–Crippen MR) is 97.5 cm³/mol. The highest BCUT2D eigenvalue weighted by Gasteiger charge is 2.20. The SMILES string of the molecule is CCOC(=O)c1csc(C(=O)CNC(=O)O[C@@H](C)CC2CCCCC2)n1. The summed E-state index contributed by atoms with van der Waals surface area (Å²) in [5.41, 5.74) is 0.101. The molecule has 0 spiro atoms. The standard InChI is InChI=1S/C18H26N2O5S/c1-3-24-17(22)14-11-26-16(20-14)15(21)10-19-18(23)25-12(2)9-13-7-5-4-6-8-13/h11-13H,3-10H2,1-2H3,(H,19,23)/t12-/m0/s1. The van der Waals surface area contributed by atoms with Crippen molar-refractivity contribution < 1.29 is 23.9 Å². The summed E-state index contributed by atoms with van der Waals surface area (Å²) in [4.78, 5) is 39.4. The van der Waals surface area contributed by atoms with Crippen LogP contribution in [-0.4, -0.2) is 42.1 Å². The first kappa shape index (κ1) is 20.4. The summed E-state index contributed by atoms with van der Waals surface area (Å²) in [6.07, 6.45) is 6.26. The number of nitrogens with zero attached hydrogens (tertiary/aromatic N) is 1. The van der Waals surface area contributed by atoms with Crippen molar-refractivity contribution in [2.45, 2.75) is 58.5 Å². The fourth-order valence-corrected chi connectivity index (χ4v) is 3.82. The summed E-state index contributed by atoms with van der Waals surface area (Å²) >= 11 is 1.05. The number of nitrogens with one attached hydrogen (secondary N) is 1. The van der Waals surface area contributed by atoms with E-state index in [0.29, 0.717) is 5.92 Å². The van der Waals surface area contributed by atoms with E-state index in [1.165, 1.54) is 37.5 Å². The third-order valence-electron chi connectivity index (χ3n) is 4.32. The van der Waals surface area contributed by atoms with Gasteiger partial charge in [0, 0.05) is 5.38 Å². The predicted octanol–water partition coefficient (Wildman–Crippen LogP) is 3.59. The van der Waals surface area contributed by atoms with Crippen molar-refractivity contribution in [3.05, 3.63) is 16.1 Å². The number of hydrogen-bond acceptors (Lipinski definition) is 7. The molecule has 144 valence electrons. The van der Waals surface area contributed by atoms with Crippen molar-refractivity contribution in [2.24, 2.45) is 5.92 Å². The lowest BCUT2D eigenvalue weighted by molar-refractivity contribution is 0.0520. The van der Waals surface area contributed by atoms with Gasteiger partial charge in [0.1, 0.15) is 6.10 Å². The Morgan fingerprint density at radius 2 is 2.04 bits per heavy atom. The van der Waals surface area contributed by atoms with Crippen LogP contribution in [0.2, 0.25) is 0 Å². The molecule has 0 unspecified atom stereocenters. The Kier molecular flexibility index (Phi) is 8.03. The van der Waals surface area contributed by atoms with Crippen LogP contribution in [0, 0.1) is 5.92 Å². The van der Waals surface area contributed by atoms with E-state index in [0.717, 1.165) is 17.8 Å². The van der Waals surface area contributed by atoms with E-state index in [1.807, 2.05) is 6.92 Å². The summed E-state index contributed by atoms with van der Waals surface area (Å²) in [5, 5.41) is 4.08. The van der Waals surface area contributed by atoms with E-state index < -0.39 is 12.1 Å². The third kappa shape index (κ3) is 6.40. The Morgan fingerprint density at radius 3 is 2.73 bits per heavy atom. The zero-order valence-electron chi connectivity index (χ0n) is 15.3. The Labute approximate surface area is 157 Å². The minimum atomic E-state index is -0.608. The molecule has 1 aromatic heterocycles. The second kappa shape index (κ2) is 10.3. The highest BCUT2D eigenvalue weighted by Crippen LogP contribution is 2.27. The molecule has 0 radical (unpaired) electrons. The third-order valence-corrected chi connectivity index (χ3v) is 5.20. The second-order valence-electron chi connectivity index (χ2n) is 6.49. The highest BCUT2D eigenvalue weighted by atomic mass is 32.1. The van der Waals surface area contributed by atoms with Crippen LogP contribution in [0.4, 0.5) is 4.79 Å². The van der Waals surface area contributed by atoms with Crippen LogP contribution in [0.15, 0.2) is 5.38 Å². The average molecular weight is 382 g/mol. The largest absolute Gasteiger partial charge is 0.461 e. The molecule has 1 atom stereocenters. The van der Waals surface area contributed by atoms with Gasteiger partial charge in [0.05, 0.1) is 13.2 Å². The smallest absolute Gasteiger partial charge is 0.407 e. The summed E-state index contributed by atoms with van der Waals surface area (Å²) in [6, 6.07) is 0. The van der Waals surface area contributed by atoms with Gasteiger partial charge in [-0.25, -0.2) is 14.6 Å². The molecule has 1 aliphatic carbocycles. The fraction of sp³-hybridized carbons (Fsp3) is 0.667. The number of esters is 1. The number of ether oxygens (including phenoxy) is 2. The topological polar surface area (TPSA) is 94.6 Å². The summed E-state index contributed by atoms with van der Waals surface area (Å²) in [6.45, 7) is 3.60. The van der Waals surface area contributed by atoms with Gasteiger partial charge < -0.3 is 14.8 Å². The highest BCUT2D eigenvalue weighted by molar-refractivity contribution is 7.12. The molecule has 0 saturated heterocycles. The minimum Gasteiger partial charge on any atom is -0.461 e. The second-order valence-corrected chi connectivity index (χ2v) is 7.35. The monoisotopic (exact) mass is 382 g/mol. The van der Waals surface area contributed by atoms with Crippen LogP contribution in [0.5, 0.6) is 0 Å². The molecule has 1 saturated carbocycles. The van der Waals surface area contributed by atoms with Crippen molar-refractivity contribution in [3.8, 4) is 0 Å². The summed E-state index contributed by atoms with van der Waals surface area (Å²) < 4.78 is 10.2. The van der Waals surface area contributed by atoms with Crippen LogP contribution >= 0.6 is 11.3 Å². The molecule has 1 aromatic rings. The van der Waals surface area contributed by atoms with Crippen molar-refractivity contribution in [1.29, 1.82) is 0 Å². The molecule has 1 N–H and O–H groups in total. The lowest BCUT2D eigenvalue weighted by Crippen LogP contribution is -2.33. The molecular weight excluding hydrogens is 356 g/mol. The quantitative estimate of drug-likeness (QED) is 0.545. The van der Waals surface area contributed by atoms with Gasteiger partial charge in [0.25, 0.3) is 0 Å². The number of Topliss-reactive ketones (excluding diaryl/α,β-unsaturated/α-hetero) is 1. The van der Waals surface area contributed by atoms with E-state index in [9.17, 15) is 14.4 Å². The zero-order chi connectivity index (χ0) is 18.9. The number of aromatic nitrogens is 1. The van der Waals surface area contributed by atoms with E-state index in [-0.39, 0.29) is 35.7 Å². The van der Waals surface area contributed by atoms with Gasteiger partial charge in [-0.05, 0) is 26.2 Å². The maximum Gasteiger partial charge on any atom is 0.407 e. The van der Waals surface area contributed by atoms with Crippen LogP contribution < -0.4 is 5.32 Å². The number of thiazole rings is 1. The average Bonchev–Trinajstić information content (AvgIpc) is 3.11. The Balaban J connectivity index is 1.72. The maximum atomic E-state index is 12.1. The van der Waals surface area contributed by atoms with Gasteiger partial charge in [0.2, 0.25) is 5.78 Å². The van der Waals surface area contributed by atoms with Crippen molar-refractivity contribution >= 4 is 29.2 Å². The van der Waals surface area contributed by atoms with Gasteiger partial charge in [-0.2, -0.15) is 0 Å². The van der Waals surface area contributed by atoms with E-state index in [4.69, 9.17) is 9.47 Å². The lowest BCUT2D eigenvalue weighted by atomic mass is 9.86. The maximum absolute atomic E-state index is 12.1. The molecule has 1 amide bonds. The number of ketones is 1. The lowest BCUT2D eigenvalue weighted by Gasteiger charge is -2.24. The molecule has 0 bridgehead atoms. The number of amides is 1. The van der Waals surface area contributed by atoms with E-state index in [1.54, 1.807) is 6.92 Å². The Hall–Kier alpha value is -1.96. The molecular formula is C18H26N2O5S. The Bertz CT molecular complexity index is 625. The van der Waals surface area contributed by atoms with Gasteiger partial charge in [-0.3, -0.25) is 4.79 Å². The van der Waals surface area contributed by atoms with Crippen molar-refractivity contribution in [3.63, 3.8) is 0 Å². The number of rotatable bonds is 8.